The van der Waals surface area contributed by atoms with Crippen molar-refractivity contribution in [1.29, 1.82) is 0 Å². The van der Waals surface area contributed by atoms with E-state index < -0.39 is 0 Å². The Bertz CT molecular complexity index is 714. The van der Waals surface area contributed by atoms with E-state index in [1.54, 1.807) is 30.5 Å². The second-order valence-electron chi connectivity index (χ2n) is 5.18. The Kier molecular flexibility index (Phi) is 2.90. The summed E-state index contributed by atoms with van der Waals surface area (Å²) in [4.78, 5) is 0. The van der Waals surface area contributed by atoms with Gasteiger partial charge in [-0.1, -0.05) is 6.07 Å². The summed E-state index contributed by atoms with van der Waals surface area (Å²) in [7, 11) is 0. The van der Waals surface area contributed by atoms with Gasteiger partial charge >= 0.3 is 0 Å². The maximum absolute atomic E-state index is 9.60. The highest BCUT2D eigenvalue weighted by molar-refractivity contribution is 5.73. The number of fused-ring (bicyclic) bond motifs is 1. The van der Waals surface area contributed by atoms with Gasteiger partial charge in [0.15, 0.2) is 0 Å². The quantitative estimate of drug-likeness (QED) is 0.829. The average molecular weight is 268 g/mol. The highest BCUT2D eigenvalue weighted by Gasteiger charge is 2.18. The van der Waals surface area contributed by atoms with Gasteiger partial charge in [-0.05, 0) is 54.3 Å². The monoisotopic (exact) mass is 268 g/mol. The van der Waals surface area contributed by atoms with Crippen molar-refractivity contribution in [2.45, 2.75) is 20.3 Å². The van der Waals surface area contributed by atoms with Crippen LogP contribution in [0.2, 0.25) is 0 Å². The van der Waals surface area contributed by atoms with Crippen molar-refractivity contribution in [2.24, 2.45) is 0 Å². The molecule has 3 rings (SSSR count). The summed E-state index contributed by atoms with van der Waals surface area (Å²) in [6, 6.07) is 8.71. The minimum atomic E-state index is 0.221. The third kappa shape index (κ3) is 2.11. The van der Waals surface area contributed by atoms with Crippen molar-refractivity contribution < 1.29 is 14.9 Å². The lowest BCUT2D eigenvalue weighted by atomic mass is 9.92. The van der Waals surface area contributed by atoms with Crippen LogP contribution in [0.3, 0.4) is 0 Å². The van der Waals surface area contributed by atoms with Crippen LogP contribution in [0.15, 0.2) is 36.6 Å². The van der Waals surface area contributed by atoms with E-state index in [9.17, 15) is 10.2 Å². The molecule has 1 heterocycles. The van der Waals surface area contributed by atoms with Crippen LogP contribution in [0.1, 0.15) is 22.3 Å². The smallest absolute Gasteiger partial charge is 0.134 e. The zero-order valence-corrected chi connectivity index (χ0v) is 11.5. The van der Waals surface area contributed by atoms with Crippen molar-refractivity contribution in [2.75, 3.05) is 0 Å². The fraction of sp³-hybridized carbons (Fsp3) is 0.176. The van der Waals surface area contributed by atoms with E-state index in [0.29, 0.717) is 5.75 Å². The summed E-state index contributed by atoms with van der Waals surface area (Å²) < 4.78 is 5.65. The van der Waals surface area contributed by atoms with E-state index in [1.807, 2.05) is 19.9 Å². The van der Waals surface area contributed by atoms with E-state index in [-0.39, 0.29) is 11.5 Å². The molecule has 102 valence electrons. The van der Waals surface area contributed by atoms with Crippen molar-refractivity contribution in [3.8, 4) is 17.2 Å². The van der Waals surface area contributed by atoms with Gasteiger partial charge in [-0.3, -0.25) is 0 Å². The molecule has 0 aromatic heterocycles. The highest BCUT2D eigenvalue weighted by atomic mass is 16.5. The fourth-order valence-electron chi connectivity index (χ4n) is 2.63. The first kappa shape index (κ1) is 12.6. The van der Waals surface area contributed by atoms with Crippen LogP contribution in [0.4, 0.5) is 0 Å². The number of phenols is 2. The highest BCUT2D eigenvalue weighted by Crippen LogP contribution is 2.37. The SMILES string of the molecule is Cc1cc(O)ccc1C1=COc2cc(O)cc(C)c2C1. The van der Waals surface area contributed by atoms with Gasteiger partial charge < -0.3 is 14.9 Å². The standard InChI is InChI=1S/C17H16O3/c1-10-5-13(18)3-4-15(10)12-7-16-11(2)6-14(19)8-17(16)20-9-12/h3-6,8-9,18-19H,7H2,1-2H3. The third-order valence-electron chi connectivity index (χ3n) is 3.67. The number of ether oxygens (including phenoxy) is 1. The molecule has 0 unspecified atom stereocenters. The lowest BCUT2D eigenvalue weighted by Gasteiger charge is -2.21. The molecule has 20 heavy (non-hydrogen) atoms. The molecule has 3 nitrogen and oxygen atoms in total. The van der Waals surface area contributed by atoms with Crippen LogP contribution in [-0.4, -0.2) is 10.2 Å². The largest absolute Gasteiger partial charge is 0.508 e. The van der Waals surface area contributed by atoms with Gasteiger partial charge in [-0.2, -0.15) is 0 Å². The fourth-order valence-corrected chi connectivity index (χ4v) is 2.63. The number of aryl methyl sites for hydroxylation is 2. The second-order valence-corrected chi connectivity index (χ2v) is 5.18. The molecule has 2 aromatic carbocycles. The normalized spacial score (nSPS) is 13.4. The molecule has 0 fully saturated rings. The van der Waals surface area contributed by atoms with Gasteiger partial charge in [0.2, 0.25) is 0 Å². The maximum atomic E-state index is 9.60. The number of phenolic OH excluding ortho intramolecular Hbond substituents is 2. The Morgan fingerprint density at radius 3 is 2.45 bits per heavy atom. The molecule has 0 saturated heterocycles. The van der Waals surface area contributed by atoms with Crippen LogP contribution in [-0.2, 0) is 6.42 Å². The number of allylic oxidation sites excluding steroid dienone is 1. The van der Waals surface area contributed by atoms with Gasteiger partial charge in [0.25, 0.3) is 0 Å². The predicted octanol–water partition coefficient (Wildman–Crippen LogP) is 3.69. The minimum Gasteiger partial charge on any atom is -0.508 e. The van der Waals surface area contributed by atoms with E-state index in [4.69, 9.17) is 4.74 Å². The van der Waals surface area contributed by atoms with E-state index >= 15 is 0 Å². The number of aromatic hydroxyl groups is 2. The molecular formula is C17H16O3. The number of hydrogen-bond acceptors (Lipinski definition) is 3. The Hall–Kier alpha value is -2.42. The van der Waals surface area contributed by atoms with Crippen molar-refractivity contribution in [3.05, 3.63) is 58.8 Å². The molecule has 0 saturated carbocycles. The van der Waals surface area contributed by atoms with Crippen LogP contribution < -0.4 is 4.74 Å². The Morgan fingerprint density at radius 1 is 0.950 bits per heavy atom. The topological polar surface area (TPSA) is 49.7 Å². The molecule has 0 bridgehead atoms. The molecule has 0 radical (unpaired) electrons. The van der Waals surface area contributed by atoms with Gasteiger partial charge in [0, 0.05) is 18.1 Å². The molecule has 2 aromatic rings. The summed E-state index contributed by atoms with van der Waals surface area (Å²) in [5, 5.41) is 19.1. The first-order valence-electron chi connectivity index (χ1n) is 6.53. The minimum absolute atomic E-state index is 0.221. The van der Waals surface area contributed by atoms with Crippen LogP contribution in [0, 0.1) is 13.8 Å². The van der Waals surface area contributed by atoms with Gasteiger partial charge in [0.05, 0.1) is 6.26 Å². The first-order valence-corrected chi connectivity index (χ1v) is 6.53. The summed E-state index contributed by atoms with van der Waals surface area (Å²) in [6.45, 7) is 3.93. The second kappa shape index (κ2) is 4.60. The summed E-state index contributed by atoms with van der Waals surface area (Å²) in [6.07, 6.45) is 2.48. The molecule has 1 aliphatic heterocycles. The predicted molar refractivity (Wildman–Crippen MR) is 78.0 cm³/mol. The molecule has 1 aliphatic rings. The molecule has 0 aliphatic carbocycles. The van der Waals surface area contributed by atoms with E-state index in [1.165, 1.54) is 0 Å². The third-order valence-corrected chi connectivity index (χ3v) is 3.67. The molecule has 0 amide bonds. The number of hydrogen-bond donors (Lipinski definition) is 2. The number of rotatable bonds is 1. The van der Waals surface area contributed by atoms with Gasteiger partial charge in [-0.15, -0.1) is 0 Å². The summed E-state index contributed by atoms with van der Waals surface area (Å²) >= 11 is 0. The zero-order valence-electron chi connectivity index (χ0n) is 11.5. The van der Waals surface area contributed by atoms with Gasteiger partial charge in [-0.25, -0.2) is 0 Å². The van der Waals surface area contributed by atoms with E-state index in [0.717, 1.165) is 34.2 Å². The van der Waals surface area contributed by atoms with Crippen molar-refractivity contribution >= 4 is 5.57 Å². The van der Waals surface area contributed by atoms with Crippen LogP contribution in [0.5, 0.6) is 17.2 Å². The molecular weight excluding hydrogens is 252 g/mol. The summed E-state index contributed by atoms with van der Waals surface area (Å²) in [5.74, 6) is 1.20. The zero-order chi connectivity index (χ0) is 14.3. The Morgan fingerprint density at radius 2 is 1.70 bits per heavy atom. The molecule has 3 heteroatoms. The van der Waals surface area contributed by atoms with Crippen LogP contribution in [0.25, 0.3) is 5.57 Å². The van der Waals surface area contributed by atoms with Crippen molar-refractivity contribution in [1.82, 2.24) is 0 Å². The van der Waals surface area contributed by atoms with E-state index in [2.05, 4.69) is 0 Å². The summed E-state index contributed by atoms with van der Waals surface area (Å²) in [5.41, 5.74) is 5.26. The molecule has 0 spiro atoms. The Labute approximate surface area is 117 Å². The maximum Gasteiger partial charge on any atom is 0.134 e. The lowest BCUT2D eigenvalue weighted by Crippen LogP contribution is -2.05. The van der Waals surface area contributed by atoms with Crippen molar-refractivity contribution in [3.63, 3.8) is 0 Å². The average Bonchev–Trinajstić information content (AvgIpc) is 2.38. The van der Waals surface area contributed by atoms with Crippen LogP contribution >= 0.6 is 0 Å². The Balaban J connectivity index is 2.01. The lowest BCUT2D eigenvalue weighted by molar-refractivity contribution is 0.446. The molecule has 0 atom stereocenters. The number of benzene rings is 2. The first-order chi connectivity index (χ1) is 9.54. The molecule has 2 N–H and O–H groups in total. The van der Waals surface area contributed by atoms with Gasteiger partial charge in [0.1, 0.15) is 17.2 Å².